The molecule has 0 aliphatic carbocycles. The first kappa shape index (κ1) is 22.4. The van der Waals surface area contributed by atoms with Gasteiger partial charge in [0.2, 0.25) is 10.0 Å². The summed E-state index contributed by atoms with van der Waals surface area (Å²) in [7, 11) is 0.959. The van der Waals surface area contributed by atoms with E-state index in [-0.39, 0.29) is 22.8 Å². The first-order valence-electron chi connectivity index (χ1n) is 9.40. The number of sulfonamides is 1. The van der Waals surface area contributed by atoms with Crippen molar-refractivity contribution >= 4 is 37.8 Å². The zero-order valence-corrected chi connectivity index (χ0v) is 19.4. The highest BCUT2D eigenvalue weighted by molar-refractivity contribution is 9.10. The lowest BCUT2D eigenvalue weighted by atomic mass is 10.0. The quantitative estimate of drug-likeness (QED) is 0.673. The fraction of sp³-hybridized carbons (Fsp3) is 0.421. The third-order valence-corrected chi connectivity index (χ3v) is 7.83. The number of benzene rings is 1. The van der Waals surface area contributed by atoms with E-state index in [9.17, 15) is 18.0 Å². The van der Waals surface area contributed by atoms with Gasteiger partial charge in [-0.05, 0) is 47.0 Å². The van der Waals surface area contributed by atoms with Gasteiger partial charge in [0.25, 0.3) is 11.8 Å². The molecule has 0 saturated carbocycles. The first-order chi connectivity index (χ1) is 14.1. The molecule has 1 aromatic heterocycles. The van der Waals surface area contributed by atoms with Gasteiger partial charge in [-0.1, -0.05) is 0 Å². The van der Waals surface area contributed by atoms with E-state index in [0.717, 1.165) is 4.31 Å². The van der Waals surface area contributed by atoms with Crippen LogP contribution in [-0.4, -0.2) is 72.4 Å². The maximum Gasteiger partial charge on any atom is 0.254 e. The van der Waals surface area contributed by atoms with Gasteiger partial charge in [0.15, 0.2) is 0 Å². The number of piperidine rings is 1. The van der Waals surface area contributed by atoms with E-state index in [0.29, 0.717) is 41.5 Å². The number of hydrogen-bond acceptors (Lipinski definition) is 5. The van der Waals surface area contributed by atoms with Crippen LogP contribution in [-0.2, 0) is 17.1 Å². The van der Waals surface area contributed by atoms with Crippen LogP contribution in [0.3, 0.4) is 0 Å². The van der Waals surface area contributed by atoms with Crippen LogP contribution in [0.5, 0.6) is 0 Å². The van der Waals surface area contributed by atoms with Crippen molar-refractivity contribution in [1.29, 1.82) is 0 Å². The minimum Gasteiger partial charge on any atom is -0.349 e. The summed E-state index contributed by atoms with van der Waals surface area (Å²) >= 11 is 3.25. The Morgan fingerprint density at radius 1 is 1.20 bits per heavy atom. The fourth-order valence-corrected chi connectivity index (χ4v) is 5.09. The summed E-state index contributed by atoms with van der Waals surface area (Å²) in [6.07, 6.45) is 4.41. The summed E-state index contributed by atoms with van der Waals surface area (Å²) in [6, 6.07) is 4.55. The molecular formula is C19H24BrN5O4S. The lowest BCUT2D eigenvalue weighted by Crippen LogP contribution is -2.46. The molecule has 0 atom stereocenters. The average molecular weight is 498 g/mol. The van der Waals surface area contributed by atoms with E-state index in [1.165, 1.54) is 26.4 Å². The van der Waals surface area contributed by atoms with Crippen molar-refractivity contribution < 1.29 is 18.0 Å². The number of aromatic nitrogens is 2. The Balaban J connectivity index is 1.65. The number of amides is 2. The number of rotatable bonds is 5. The Hall–Kier alpha value is -2.24. The Morgan fingerprint density at radius 3 is 2.43 bits per heavy atom. The highest BCUT2D eigenvalue weighted by Gasteiger charge is 2.27. The van der Waals surface area contributed by atoms with Crippen LogP contribution >= 0.6 is 15.9 Å². The van der Waals surface area contributed by atoms with Crippen LogP contribution in [0.25, 0.3) is 0 Å². The van der Waals surface area contributed by atoms with Crippen LogP contribution in [0.4, 0.5) is 0 Å². The van der Waals surface area contributed by atoms with E-state index < -0.39 is 10.0 Å². The minimum atomic E-state index is -3.68. The van der Waals surface area contributed by atoms with Crippen molar-refractivity contribution in [3.05, 3.63) is 46.2 Å². The predicted octanol–water partition coefficient (Wildman–Crippen LogP) is 1.47. The molecule has 0 spiro atoms. The topological polar surface area (TPSA) is 105 Å². The lowest BCUT2D eigenvalue weighted by Gasteiger charge is -2.32. The van der Waals surface area contributed by atoms with Gasteiger partial charge in [-0.15, -0.1) is 0 Å². The van der Waals surface area contributed by atoms with Crippen molar-refractivity contribution in [2.75, 3.05) is 27.2 Å². The van der Waals surface area contributed by atoms with Gasteiger partial charge >= 0.3 is 0 Å². The largest absolute Gasteiger partial charge is 0.349 e. The molecule has 2 aromatic rings. The second-order valence-corrected chi connectivity index (χ2v) is 10.3. The molecule has 1 aliphatic rings. The summed E-state index contributed by atoms with van der Waals surface area (Å²) in [6.45, 7) is 0.950. The van der Waals surface area contributed by atoms with Gasteiger partial charge < -0.3 is 10.2 Å². The van der Waals surface area contributed by atoms with Gasteiger partial charge in [0, 0.05) is 56.5 Å². The van der Waals surface area contributed by atoms with Gasteiger partial charge in [0.1, 0.15) is 0 Å². The van der Waals surface area contributed by atoms with Gasteiger partial charge in [-0.3, -0.25) is 14.3 Å². The smallest absolute Gasteiger partial charge is 0.254 e. The highest BCUT2D eigenvalue weighted by Crippen LogP contribution is 2.26. The van der Waals surface area contributed by atoms with Crippen LogP contribution in [0.2, 0.25) is 0 Å². The SMILES string of the molecule is CN(C)S(=O)(=O)c1cc(C(=O)N2CCC(NC(=O)c3cnn(C)c3)CC2)ccc1Br. The molecule has 2 amide bonds. The highest BCUT2D eigenvalue weighted by atomic mass is 79.9. The van der Waals surface area contributed by atoms with Crippen molar-refractivity contribution in [3.63, 3.8) is 0 Å². The number of aryl methyl sites for hydroxylation is 1. The maximum absolute atomic E-state index is 12.9. The third kappa shape index (κ3) is 4.73. The Morgan fingerprint density at radius 2 is 1.87 bits per heavy atom. The molecule has 30 heavy (non-hydrogen) atoms. The van der Waals surface area contributed by atoms with E-state index >= 15 is 0 Å². The Bertz CT molecular complexity index is 1060. The standard InChI is InChI=1S/C19H24BrN5O4S/c1-23(2)30(28,29)17-10-13(4-5-16(17)20)19(27)25-8-6-15(7-9-25)22-18(26)14-11-21-24(3)12-14/h4-5,10-12,15H,6-9H2,1-3H3,(H,22,26). The summed E-state index contributed by atoms with van der Waals surface area (Å²) in [5.74, 6) is -0.408. The third-order valence-electron chi connectivity index (χ3n) is 5.02. The summed E-state index contributed by atoms with van der Waals surface area (Å²) in [4.78, 5) is 26.9. The van der Waals surface area contributed by atoms with Crippen LogP contribution < -0.4 is 5.32 Å². The normalized spacial score (nSPS) is 15.4. The number of nitrogens with zero attached hydrogens (tertiary/aromatic N) is 4. The molecule has 1 fully saturated rings. The molecule has 1 saturated heterocycles. The summed E-state index contributed by atoms with van der Waals surface area (Å²) in [5.41, 5.74) is 0.817. The second-order valence-electron chi connectivity index (χ2n) is 7.38. The fourth-order valence-electron chi connectivity index (χ4n) is 3.25. The molecule has 1 N–H and O–H groups in total. The molecule has 162 valence electrons. The van der Waals surface area contributed by atoms with Crippen LogP contribution in [0.15, 0.2) is 40.0 Å². The van der Waals surface area contributed by atoms with Crippen molar-refractivity contribution in [3.8, 4) is 0 Å². The van der Waals surface area contributed by atoms with E-state index in [1.807, 2.05) is 0 Å². The second kappa shape index (κ2) is 8.86. The predicted molar refractivity (Wildman–Crippen MR) is 115 cm³/mol. The van der Waals surface area contributed by atoms with Gasteiger partial charge in [-0.25, -0.2) is 12.7 Å². The van der Waals surface area contributed by atoms with Crippen LogP contribution in [0.1, 0.15) is 33.6 Å². The van der Waals surface area contributed by atoms with Gasteiger partial charge in [0.05, 0.1) is 16.7 Å². The number of carbonyl (C=O) groups excluding carboxylic acids is 2. The molecular weight excluding hydrogens is 474 g/mol. The molecule has 1 aliphatic heterocycles. The average Bonchev–Trinajstić information content (AvgIpc) is 3.14. The van der Waals surface area contributed by atoms with Gasteiger partial charge in [-0.2, -0.15) is 5.10 Å². The van der Waals surface area contributed by atoms with Crippen molar-refractivity contribution in [1.82, 2.24) is 24.3 Å². The lowest BCUT2D eigenvalue weighted by molar-refractivity contribution is 0.0698. The number of carbonyl (C=O) groups is 2. The molecule has 0 bridgehead atoms. The molecule has 2 heterocycles. The van der Waals surface area contributed by atoms with E-state index in [4.69, 9.17) is 0 Å². The first-order valence-corrected chi connectivity index (χ1v) is 11.6. The van der Waals surface area contributed by atoms with Crippen LogP contribution in [0, 0.1) is 0 Å². The Labute approximate surface area is 184 Å². The molecule has 11 heteroatoms. The van der Waals surface area contributed by atoms with E-state index in [1.54, 1.807) is 35.0 Å². The number of likely N-dealkylation sites (tertiary alicyclic amines) is 1. The number of hydrogen-bond donors (Lipinski definition) is 1. The molecule has 9 nitrogen and oxygen atoms in total. The Kier molecular flexibility index (Phi) is 6.63. The zero-order chi connectivity index (χ0) is 22.1. The minimum absolute atomic E-state index is 0.0312. The number of halogens is 1. The van der Waals surface area contributed by atoms with E-state index in [2.05, 4.69) is 26.3 Å². The molecule has 3 rings (SSSR count). The number of nitrogens with one attached hydrogen (secondary N) is 1. The summed E-state index contributed by atoms with van der Waals surface area (Å²) in [5, 5.41) is 6.97. The summed E-state index contributed by atoms with van der Waals surface area (Å²) < 4.78 is 28.1. The zero-order valence-electron chi connectivity index (χ0n) is 17.0. The molecule has 0 radical (unpaired) electrons. The van der Waals surface area contributed by atoms with Crippen molar-refractivity contribution in [2.24, 2.45) is 7.05 Å². The molecule has 1 aromatic carbocycles. The van der Waals surface area contributed by atoms with Crippen molar-refractivity contribution in [2.45, 2.75) is 23.8 Å². The maximum atomic E-state index is 12.9. The molecule has 0 unspecified atom stereocenters. The monoisotopic (exact) mass is 497 g/mol.